The highest BCUT2D eigenvalue weighted by molar-refractivity contribution is 6.33. The lowest BCUT2D eigenvalue weighted by Crippen LogP contribution is -2.26. The van der Waals surface area contributed by atoms with E-state index in [2.05, 4.69) is 30.6 Å². The number of nitrogens with one attached hydrogen (secondary N) is 2. The Morgan fingerprint density at radius 2 is 1.97 bits per heavy atom. The lowest BCUT2D eigenvalue weighted by atomic mass is 10.0. The standard InChI is InChI=1S/C27H28ClN7O2/c1-15(2)32-27-31-13-19-10-21(20-5-4-18(11-22(20)28)23-14-29-12-16(3)33-23)26(37)35(24(19)34-27)9-7-17-6-8-30-25(17)36/h4-5,10-15,17H,6-9H2,1-3H3,(H,30,36)(H,31,32,34). The molecular weight excluding hydrogens is 490 g/mol. The van der Waals surface area contributed by atoms with Crippen molar-refractivity contribution in [2.75, 3.05) is 11.9 Å². The van der Waals surface area contributed by atoms with E-state index in [1.165, 1.54) is 0 Å². The average Bonchev–Trinajstić information content (AvgIpc) is 3.27. The van der Waals surface area contributed by atoms with Gasteiger partial charge in [-0.15, -0.1) is 0 Å². The fourth-order valence-corrected chi connectivity index (χ4v) is 4.87. The van der Waals surface area contributed by atoms with Crippen molar-refractivity contribution < 1.29 is 4.79 Å². The molecule has 0 bridgehead atoms. The molecule has 37 heavy (non-hydrogen) atoms. The van der Waals surface area contributed by atoms with Gasteiger partial charge in [0.2, 0.25) is 11.9 Å². The van der Waals surface area contributed by atoms with Crippen molar-refractivity contribution in [3.63, 3.8) is 0 Å². The molecule has 4 aromatic rings. The lowest BCUT2D eigenvalue weighted by molar-refractivity contribution is -0.122. The molecule has 2 N–H and O–H groups in total. The Morgan fingerprint density at radius 3 is 2.68 bits per heavy atom. The van der Waals surface area contributed by atoms with Crippen molar-refractivity contribution in [3.8, 4) is 22.4 Å². The molecule has 1 unspecified atom stereocenters. The molecule has 1 amide bonds. The van der Waals surface area contributed by atoms with E-state index in [0.717, 1.165) is 17.7 Å². The molecule has 0 saturated carbocycles. The van der Waals surface area contributed by atoms with Gasteiger partial charge in [-0.2, -0.15) is 4.98 Å². The zero-order valence-electron chi connectivity index (χ0n) is 21.0. The summed E-state index contributed by atoms with van der Waals surface area (Å²) in [6.07, 6.45) is 6.38. The molecule has 4 heterocycles. The summed E-state index contributed by atoms with van der Waals surface area (Å²) in [5.41, 5.74) is 3.68. The maximum atomic E-state index is 13.9. The van der Waals surface area contributed by atoms with Gasteiger partial charge in [0.25, 0.3) is 5.56 Å². The van der Waals surface area contributed by atoms with Gasteiger partial charge < -0.3 is 10.6 Å². The molecule has 1 aliphatic rings. The first-order valence-corrected chi connectivity index (χ1v) is 12.7. The molecule has 5 rings (SSSR count). The Labute approximate surface area is 219 Å². The fourth-order valence-electron chi connectivity index (χ4n) is 4.59. The highest BCUT2D eigenvalue weighted by Gasteiger charge is 2.25. The SMILES string of the molecule is Cc1cncc(-c2ccc(-c3cc4cnc(NC(C)C)nc4n(CCC4CCNC4=O)c3=O)c(Cl)c2)n1. The second-order valence-electron chi connectivity index (χ2n) is 9.59. The van der Waals surface area contributed by atoms with E-state index in [1.54, 1.807) is 35.3 Å². The number of aryl methyl sites for hydroxylation is 2. The Bertz CT molecular complexity index is 1550. The Hall–Kier alpha value is -3.85. The summed E-state index contributed by atoms with van der Waals surface area (Å²) in [5.74, 6) is 0.353. The zero-order chi connectivity index (χ0) is 26.1. The summed E-state index contributed by atoms with van der Waals surface area (Å²) in [5, 5.41) is 7.20. The van der Waals surface area contributed by atoms with Gasteiger partial charge in [-0.05, 0) is 45.7 Å². The molecule has 1 atom stereocenters. The number of hydrogen-bond acceptors (Lipinski definition) is 7. The first-order valence-electron chi connectivity index (χ1n) is 12.3. The molecule has 0 spiro atoms. The molecule has 0 radical (unpaired) electrons. The highest BCUT2D eigenvalue weighted by Crippen LogP contribution is 2.31. The first kappa shape index (κ1) is 24.8. The number of amides is 1. The summed E-state index contributed by atoms with van der Waals surface area (Å²) in [4.78, 5) is 43.8. The van der Waals surface area contributed by atoms with Gasteiger partial charge in [-0.1, -0.05) is 23.7 Å². The van der Waals surface area contributed by atoms with Crippen LogP contribution in [0.5, 0.6) is 0 Å². The summed E-state index contributed by atoms with van der Waals surface area (Å²) in [6, 6.07) is 7.42. The average molecular weight is 518 g/mol. The van der Waals surface area contributed by atoms with Gasteiger partial charge in [0.05, 0.1) is 17.6 Å². The quantitative estimate of drug-likeness (QED) is 0.377. The van der Waals surface area contributed by atoms with Crippen molar-refractivity contribution in [1.29, 1.82) is 0 Å². The third kappa shape index (κ3) is 5.17. The minimum atomic E-state index is -0.218. The summed E-state index contributed by atoms with van der Waals surface area (Å²) in [6.45, 7) is 6.89. The molecule has 3 aromatic heterocycles. The maximum Gasteiger partial charge on any atom is 0.260 e. The number of anilines is 1. The molecule has 190 valence electrons. The molecular formula is C27H28ClN7O2. The number of hydrogen-bond donors (Lipinski definition) is 2. The third-order valence-corrected chi connectivity index (χ3v) is 6.73. The van der Waals surface area contributed by atoms with E-state index < -0.39 is 0 Å². The van der Waals surface area contributed by atoms with E-state index in [-0.39, 0.29) is 23.4 Å². The van der Waals surface area contributed by atoms with Gasteiger partial charge >= 0.3 is 0 Å². The van der Waals surface area contributed by atoms with Gasteiger partial charge in [0.1, 0.15) is 5.65 Å². The summed E-state index contributed by atoms with van der Waals surface area (Å²) < 4.78 is 1.64. The predicted octanol–water partition coefficient (Wildman–Crippen LogP) is 4.22. The van der Waals surface area contributed by atoms with Gasteiger partial charge in [0, 0.05) is 64.5 Å². The Kier molecular flexibility index (Phi) is 6.88. The normalized spacial score (nSPS) is 15.4. The zero-order valence-corrected chi connectivity index (χ0v) is 21.7. The van der Waals surface area contributed by atoms with Gasteiger partial charge in [0.15, 0.2) is 0 Å². The number of halogens is 1. The number of nitrogens with zero attached hydrogens (tertiary/aromatic N) is 5. The Morgan fingerprint density at radius 1 is 1.14 bits per heavy atom. The predicted molar refractivity (Wildman–Crippen MR) is 144 cm³/mol. The minimum Gasteiger partial charge on any atom is -0.356 e. The minimum absolute atomic E-state index is 0.0307. The number of fused-ring (bicyclic) bond motifs is 1. The van der Waals surface area contributed by atoms with Crippen LogP contribution in [-0.2, 0) is 11.3 Å². The van der Waals surface area contributed by atoms with Crippen LogP contribution in [0.4, 0.5) is 5.95 Å². The second kappa shape index (κ2) is 10.3. The van der Waals surface area contributed by atoms with Crippen molar-refractivity contribution in [1.82, 2.24) is 29.8 Å². The second-order valence-corrected chi connectivity index (χ2v) is 10.00. The van der Waals surface area contributed by atoms with Crippen LogP contribution < -0.4 is 16.2 Å². The monoisotopic (exact) mass is 517 g/mol. The van der Waals surface area contributed by atoms with Crippen LogP contribution in [0, 0.1) is 12.8 Å². The number of aromatic nitrogens is 5. The van der Waals surface area contributed by atoms with E-state index in [9.17, 15) is 9.59 Å². The van der Waals surface area contributed by atoms with E-state index in [0.29, 0.717) is 58.3 Å². The van der Waals surface area contributed by atoms with E-state index in [4.69, 9.17) is 11.6 Å². The van der Waals surface area contributed by atoms with E-state index >= 15 is 0 Å². The molecule has 10 heteroatoms. The van der Waals surface area contributed by atoms with Crippen LogP contribution in [0.3, 0.4) is 0 Å². The van der Waals surface area contributed by atoms with Gasteiger partial charge in [-0.25, -0.2) is 9.97 Å². The van der Waals surface area contributed by atoms with Crippen LogP contribution in [0.25, 0.3) is 33.4 Å². The van der Waals surface area contributed by atoms with Crippen LogP contribution in [0.2, 0.25) is 5.02 Å². The number of pyridine rings is 1. The highest BCUT2D eigenvalue weighted by atomic mass is 35.5. The topological polar surface area (TPSA) is 115 Å². The first-order chi connectivity index (χ1) is 17.8. The van der Waals surface area contributed by atoms with Gasteiger partial charge in [-0.3, -0.25) is 19.1 Å². The fraction of sp³-hybridized carbons (Fsp3) is 0.333. The van der Waals surface area contributed by atoms with Crippen LogP contribution in [-0.4, -0.2) is 43.0 Å². The molecule has 1 aliphatic heterocycles. The van der Waals surface area contributed by atoms with E-state index in [1.807, 2.05) is 32.9 Å². The van der Waals surface area contributed by atoms with Crippen molar-refractivity contribution in [2.45, 2.75) is 46.2 Å². The molecule has 1 aromatic carbocycles. The third-order valence-electron chi connectivity index (χ3n) is 6.42. The maximum absolute atomic E-state index is 13.9. The molecule has 0 aliphatic carbocycles. The lowest BCUT2D eigenvalue weighted by Gasteiger charge is -2.16. The number of carbonyl (C=O) groups is 1. The van der Waals surface area contributed by atoms with Crippen LogP contribution in [0.1, 0.15) is 32.4 Å². The van der Waals surface area contributed by atoms with Crippen LogP contribution in [0.15, 0.2) is 47.7 Å². The number of carbonyl (C=O) groups excluding carboxylic acids is 1. The molecule has 1 fully saturated rings. The number of benzene rings is 1. The summed E-state index contributed by atoms with van der Waals surface area (Å²) >= 11 is 6.72. The molecule has 1 saturated heterocycles. The van der Waals surface area contributed by atoms with Crippen molar-refractivity contribution in [2.24, 2.45) is 5.92 Å². The van der Waals surface area contributed by atoms with Crippen molar-refractivity contribution in [3.05, 3.63) is 63.9 Å². The summed E-state index contributed by atoms with van der Waals surface area (Å²) in [7, 11) is 0. The largest absolute Gasteiger partial charge is 0.356 e. The smallest absolute Gasteiger partial charge is 0.260 e. The Balaban J connectivity index is 1.60. The molecule has 9 nitrogen and oxygen atoms in total. The van der Waals surface area contributed by atoms with Crippen LogP contribution >= 0.6 is 11.6 Å². The number of rotatable bonds is 7. The van der Waals surface area contributed by atoms with Crippen molar-refractivity contribution >= 4 is 34.5 Å².